The summed E-state index contributed by atoms with van der Waals surface area (Å²) >= 11 is 14.2. The Kier molecular flexibility index (Phi) is 27.3. The number of methoxy groups -OCH3 is 1. The number of halogens is 9. The Hall–Kier alpha value is -11.7. The quantitative estimate of drug-likeness (QED) is 0.0866. The molecule has 0 bridgehead atoms. The third kappa shape index (κ3) is 19.9. The number of furan rings is 1. The van der Waals surface area contributed by atoms with Crippen molar-refractivity contribution in [3.05, 3.63) is 310 Å². The smallest absolute Gasteiger partial charge is 0.146 e. The van der Waals surface area contributed by atoms with Crippen molar-refractivity contribution >= 4 is 84.7 Å². The van der Waals surface area contributed by atoms with Crippen molar-refractivity contribution in [2.75, 3.05) is 13.4 Å². The van der Waals surface area contributed by atoms with Gasteiger partial charge in [-0.25, -0.2) is 55.7 Å². The summed E-state index contributed by atoms with van der Waals surface area (Å²) < 4.78 is 115. The van der Waals surface area contributed by atoms with Crippen molar-refractivity contribution in [3.63, 3.8) is 0 Å². The molecule has 0 fully saturated rings. The Labute approximate surface area is 752 Å². The van der Waals surface area contributed by atoms with E-state index < -0.39 is 5.82 Å². The molecule has 1 unspecified atom stereocenters. The van der Waals surface area contributed by atoms with Crippen molar-refractivity contribution in [2.45, 2.75) is 176 Å². The number of pyridine rings is 1. The van der Waals surface area contributed by atoms with Crippen LogP contribution in [0.25, 0.3) is 117 Å². The zero-order chi connectivity index (χ0) is 91.7. The first kappa shape index (κ1) is 92.9. The van der Waals surface area contributed by atoms with E-state index in [2.05, 4.69) is 65.6 Å². The number of hydrogen-bond donors (Lipinski definition) is 4. The van der Waals surface area contributed by atoms with Gasteiger partial charge >= 0.3 is 0 Å². The fraction of sp³-hybridized carbons (Fsp3) is 0.286. The third-order valence-corrected chi connectivity index (χ3v) is 24.5. The van der Waals surface area contributed by atoms with Crippen LogP contribution in [0.4, 0.5) is 30.7 Å². The molecule has 18 rings (SSSR count). The summed E-state index contributed by atoms with van der Waals surface area (Å²) in [5.74, 6) is 0.508. The minimum absolute atomic E-state index is 0.152. The van der Waals surface area contributed by atoms with Crippen LogP contribution in [0.3, 0.4) is 0 Å². The second-order valence-electron chi connectivity index (χ2n) is 38.0. The number of benzene rings is 10. The molecule has 0 spiro atoms. The summed E-state index contributed by atoms with van der Waals surface area (Å²) in [4.78, 5) is 34.6. The Morgan fingerprint density at radius 1 is 0.409 bits per heavy atom. The van der Waals surface area contributed by atoms with Crippen LogP contribution in [-0.4, -0.2) is 62.6 Å². The van der Waals surface area contributed by atoms with Crippen LogP contribution in [0.1, 0.15) is 170 Å². The van der Waals surface area contributed by atoms with E-state index in [1.165, 1.54) is 36.5 Å². The monoisotopic (exact) mass is 1770 g/mol. The highest BCUT2D eigenvalue weighted by Crippen LogP contribution is 2.47. The summed E-state index contributed by atoms with van der Waals surface area (Å²) in [6.45, 7) is 36.8. The van der Waals surface area contributed by atoms with Crippen LogP contribution >= 0.6 is 35.0 Å². The lowest BCUT2D eigenvalue weighted by molar-refractivity contribution is 0.209. The number of nitrogens with zero attached hydrogens (tertiary/aromatic N) is 6. The fourth-order valence-electron chi connectivity index (χ4n) is 16.2. The summed E-state index contributed by atoms with van der Waals surface area (Å²) in [5.41, 5.74) is 17.8. The SMILES string of the molecule is CC(C)(C)C1CCc2occ(-c3ccc(F)cc3)c2C1.CC(C)(C)c1cccc(-c2c(Cl)ccc3[nH]cnc23)c1F.CC(C)(C)c1cccc(-c2c(Cl)ccn3ccnc23)c1F.CC(C)(C)c1cccc(-c2c(F)ccc3[nH]cnc23)c1F.COc1ccc2[nH]cnc2c1-c1cccc(C(C)(C)C)c1F.CSc1ccc2[nH]cnc2c1-c1cccc(C(C)(C)C)c1F. The lowest BCUT2D eigenvalue weighted by Crippen LogP contribution is -2.26. The van der Waals surface area contributed by atoms with Gasteiger partial charge in [0.1, 0.15) is 57.9 Å². The molecule has 1 aliphatic rings. The molecule has 17 aromatic rings. The highest BCUT2D eigenvalue weighted by molar-refractivity contribution is 7.98. The summed E-state index contributed by atoms with van der Waals surface area (Å²) in [6, 6.07) is 49.8. The van der Waals surface area contributed by atoms with Gasteiger partial charge in [0.05, 0.1) is 98.4 Å². The van der Waals surface area contributed by atoms with Crippen molar-refractivity contribution < 1.29 is 39.9 Å². The molecule has 127 heavy (non-hydrogen) atoms. The predicted octanol–water partition coefficient (Wildman–Crippen LogP) is 30.5. The minimum atomic E-state index is -0.473. The van der Waals surface area contributed by atoms with Crippen LogP contribution in [-0.2, 0) is 39.9 Å². The molecule has 22 heteroatoms. The lowest BCUT2D eigenvalue weighted by atomic mass is 9.71. The standard InChI is InChI=1S/C18H19FN2O.C18H19FN2S.C18H21FO.2C17H16ClFN2.C17H16F2N2/c2*1-18(2,3)12-7-5-6-11(16(12)19)15-14(22-4)9-8-13-17(15)21-10-20-13;1-18(2,3)13-6-9-17-15(10-13)16(11-20-17)12-4-7-14(19)8-5-12;1-17(2,3)12-6-4-5-11(15(12)19)14-13(18)7-9-21-10-8-20-16(14)21;2*1-17(2,3)11-6-4-5-10(15(11)19)14-12(18)7-8-13-16(14)21-9-20-13/h2*5-10H,1-4H3,(H,20,21);4-5,7-8,11,13H,6,9-10H2,1-3H3;4-10H,1-3H3;2*4-9H,1-3H3,(H,20,21). The molecule has 0 aliphatic heterocycles. The van der Waals surface area contributed by atoms with Gasteiger partial charge in [0.25, 0.3) is 0 Å². The number of aromatic nitrogens is 10. The Morgan fingerprint density at radius 2 is 0.795 bits per heavy atom. The third-order valence-electron chi connectivity index (χ3n) is 23.1. The highest BCUT2D eigenvalue weighted by Gasteiger charge is 2.34. The zero-order valence-corrected chi connectivity index (χ0v) is 77.6. The molecule has 10 aromatic carbocycles. The van der Waals surface area contributed by atoms with Crippen LogP contribution in [0, 0.1) is 52.1 Å². The normalized spacial score (nSPS) is 13.1. The first-order valence-corrected chi connectivity index (χ1v) is 44.1. The fourth-order valence-corrected chi connectivity index (χ4v) is 17.3. The molecule has 7 aromatic heterocycles. The van der Waals surface area contributed by atoms with Crippen LogP contribution < -0.4 is 4.74 Å². The summed E-state index contributed by atoms with van der Waals surface area (Å²) in [6.07, 6.45) is 18.8. The second kappa shape index (κ2) is 37.3. The summed E-state index contributed by atoms with van der Waals surface area (Å²) in [7, 11) is 1.59. The molecule has 12 nitrogen and oxygen atoms in total. The number of thioether (sulfide) groups is 1. The van der Waals surface area contributed by atoms with E-state index >= 15 is 8.78 Å². The molecule has 0 saturated heterocycles. The van der Waals surface area contributed by atoms with E-state index in [4.69, 9.17) is 32.4 Å². The predicted molar refractivity (Wildman–Crippen MR) is 507 cm³/mol. The maximum atomic E-state index is 15.2. The lowest BCUT2D eigenvalue weighted by Gasteiger charge is -2.33. The van der Waals surface area contributed by atoms with Gasteiger partial charge in [-0.05, 0) is 158 Å². The van der Waals surface area contributed by atoms with Gasteiger partial charge in [-0.1, -0.05) is 251 Å². The van der Waals surface area contributed by atoms with E-state index in [1.807, 2.05) is 230 Å². The van der Waals surface area contributed by atoms with Crippen molar-refractivity contribution in [2.24, 2.45) is 11.3 Å². The first-order valence-electron chi connectivity index (χ1n) is 42.2. The topological polar surface area (TPSA) is 154 Å². The molecule has 658 valence electrons. The number of ether oxygens (including phenoxy) is 1. The van der Waals surface area contributed by atoms with Crippen molar-refractivity contribution in [1.82, 2.24) is 49.3 Å². The summed E-state index contributed by atoms with van der Waals surface area (Å²) in [5, 5.41) is 0.998. The van der Waals surface area contributed by atoms with Crippen molar-refractivity contribution in [3.8, 4) is 72.5 Å². The zero-order valence-electron chi connectivity index (χ0n) is 75.3. The number of rotatable bonds is 8. The molecule has 1 aliphatic carbocycles. The molecule has 1 atom stereocenters. The minimum Gasteiger partial charge on any atom is -0.496 e. The van der Waals surface area contributed by atoms with Gasteiger partial charge in [0.2, 0.25) is 0 Å². The van der Waals surface area contributed by atoms with E-state index in [0.29, 0.717) is 116 Å². The molecular formula is C105H107Cl2F7N10O2S. The van der Waals surface area contributed by atoms with E-state index in [9.17, 15) is 22.0 Å². The molecule has 0 radical (unpaired) electrons. The van der Waals surface area contributed by atoms with Crippen molar-refractivity contribution in [1.29, 1.82) is 0 Å². The number of H-pyrrole nitrogens is 4. The van der Waals surface area contributed by atoms with E-state index in [-0.39, 0.29) is 73.1 Å². The Balaban J connectivity index is 0.000000130. The van der Waals surface area contributed by atoms with Gasteiger partial charge in [0, 0.05) is 91.1 Å². The van der Waals surface area contributed by atoms with Crippen LogP contribution in [0.15, 0.2) is 229 Å². The van der Waals surface area contributed by atoms with Crippen LogP contribution in [0.2, 0.25) is 10.0 Å². The van der Waals surface area contributed by atoms with E-state index in [1.54, 1.807) is 98.6 Å². The molecule has 4 N–H and O–H groups in total. The number of imidazole rings is 5. The van der Waals surface area contributed by atoms with Gasteiger partial charge in [0.15, 0.2) is 0 Å². The van der Waals surface area contributed by atoms with Gasteiger partial charge < -0.3 is 33.5 Å². The Bertz CT molecular complexity index is 6340. The van der Waals surface area contributed by atoms with Crippen LogP contribution in [0.5, 0.6) is 5.75 Å². The van der Waals surface area contributed by atoms with Gasteiger partial charge in [-0.3, -0.25) is 0 Å². The number of nitrogens with one attached hydrogen (secondary N) is 4. The molecular weight excluding hydrogens is 1670 g/mol. The van der Waals surface area contributed by atoms with Gasteiger partial charge in [-0.15, -0.1) is 11.8 Å². The highest BCUT2D eigenvalue weighted by atomic mass is 35.5. The number of fused-ring (bicyclic) bond motifs is 6. The number of aryl methyl sites for hydroxylation is 1. The Morgan fingerprint density at radius 3 is 1.24 bits per heavy atom. The average Bonchev–Trinajstić information content (AvgIpc) is 1.73. The van der Waals surface area contributed by atoms with Gasteiger partial charge in [-0.2, -0.15) is 0 Å². The first-order chi connectivity index (χ1) is 60.0. The largest absolute Gasteiger partial charge is 0.496 e. The molecule has 0 amide bonds. The molecule has 0 saturated carbocycles. The average molecular weight is 1780 g/mol. The number of aromatic amines is 4. The van der Waals surface area contributed by atoms with E-state index in [0.717, 1.165) is 67.8 Å². The molecule has 7 heterocycles. The second-order valence-corrected chi connectivity index (χ2v) is 39.6. The maximum Gasteiger partial charge on any atom is 0.146 e. The maximum absolute atomic E-state index is 15.2. The number of hydrogen-bond acceptors (Lipinski definition) is 8.